The van der Waals surface area contributed by atoms with Crippen molar-refractivity contribution in [3.63, 3.8) is 0 Å². The molecule has 674 valence electrons. The number of hydrogen-bond donors (Lipinski definition) is 15. The number of hydrogen-bond acceptors (Lipinski definition) is 37. The van der Waals surface area contributed by atoms with Gasteiger partial charge in [-0.1, -0.05) is 0 Å². The number of Topliss-reactive ketones (excluding diaryl/α,β-unsaturated/α-hetero) is 3. The molecule has 0 bridgehead atoms. The van der Waals surface area contributed by atoms with Crippen molar-refractivity contribution >= 4 is 70.8 Å². The highest BCUT2D eigenvalue weighted by atomic mass is 32.2. The number of imide groups is 2. The number of methoxy groups -OCH3 is 6. The Morgan fingerprint density at radius 2 is 0.728 bits per heavy atom. The molecule has 114 heavy (non-hydrogen) atoms. The van der Waals surface area contributed by atoms with Crippen molar-refractivity contribution in [1.82, 2.24) is 25.8 Å². The highest BCUT2D eigenvalue weighted by molar-refractivity contribution is 8.00. The summed E-state index contributed by atoms with van der Waals surface area (Å²) in [5.74, 6) is -1.19. The standard InChI is InChI=1S/2C12H23NO6.C11H18N2O4S.C11H15NO4.2C7H16O4.2C6H14O4/c2*1-9(15)4-5-13-12(16)18-8-11(7-17-3)19-10(2)6-14;1-17-6-4-12-9(14)3-5-13-10(15)7-8(18-2)11(13)16;1-16-8-2-3-9(13)6-7-12-10(14)4-5-11(12)15;2*1-6(3-8)11-7(4-9)5-10-2;2*1-5(2-7)10-6(3-8)4-9/h2*10-11,14H,4-8H2,1-3H3,(H,13,16);8H,3-7H2,1-2H3,(H,12,14);4-5H,2-3,6-8H2,1H3;2*6-9H,3-5H2,1-2H3;2*5-9H,2-4H2,1H3. The van der Waals surface area contributed by atoms with Crippen LogP contribution in [0.5, 0.6) is 0 Å². The summed E-state index contributed by atoms with van der Waals surface area (Å²) < 4.78 is 69.9. The van der Waals surface area contributed by atoms with Gasteiger partial charge < -0.3 is 144 Å². The van der Waals surface area contributed by atoms with Gasteiger partial charge in [-0.05, 0) is 68.1 Å². The molecule has 7 amide bonds. The molecule has 2 heterocycles. The highest BCUT2D eigenvalue weighted by Crippen LogP contribution is 2.23. The second-order valence-electron chi connectivity index (χ2n) is 24.8. The maximum atomic E-state index is 11.8. The average Bonchev–Trinajstić information content (AvgIpc) is 1.70. The Hall–Kier alpha value is -5.57. The summed E-state index contributed by atoms with van der Waals surface area (Å²) in [5.41, 5.74) is 0. The molecule has 0 aromatic heterocycles. The van der Waals surface area contributed by atoms with Crippen LogP contribution in [0.1, 0.15) is 100 Å². The zero-order chi connectivity index (χ0) is 88.2. The predicted octanol–water partition coefficient (Wildman–Crippen LogP) is -3.61. The SMILES string of the molecule is CC(CO)OC(CO)CO.CC(CO)OC(CO)CO.COCC(CO)OC(C)CO.COCC(CO)OC(C)CO.COCC(COC(=O)NCCC(C)=O)OC(C)CO.COCC(COC(=O)NCCC(C)=O)OC(C)CO.COCCCC(=O)CCN1C(=O)C=CC1=O.COCCNC(=O)CCN1C(=O)CC(SC)C1=O. The number of thioether (sulfide) groups is 1. The molecule has 11 atom stereocenters. The lowest BCUT2D eigenvalue weighted by molar-refractivity contribution is -0.140. The number of ketones is 3. The number of ether oxygens (including phenoxy) is 14. The molecular weight excluding hydrogens is 1540 g/mol. The fourth-order valence-corrected chi connectivity index (χ4v) is 8.64. The summed E-state index contributed by atoms with van der Waals surface area (Å²) in [7, 11) is 9.22. The lowest BCUT2D eigenvalue weighted by Gasteiger charge is -2.20. The van der Waals surface area contributed by atoms with Gasteiger partial charge in [-0.2, -0.15) is 11.8 Å². The van der Waals surface area contributed by atoms with E-state index in [1.807, 2.05) is 0 Å². The Morgan fingerprint density at radius 1 is 0.404 bits per heavy atom. The van der Waals surface area contributed by atoms with E-state index in [2.05, 4.69) is 16.0 Å². The molecule has 0 aromatic carbocycles. The molecule has 0 saturated carbocycles. The molecule has 2 rings (SSSR count). The third-order valence-corrected chi connectivity index (χ3v) is 15.0. The lowest BCUT2D eigenvalue weighted by atomic mass is 10.1. The Morgan fingerprint density at radius 3 is 1.03 bits per heavy atom. The van der Waals surface area contributed by atoms with Crippen LogP contribution in [0.2, 0.25) is 0 Å². The molecule has 2 aliphatic heterocycles. The summed E-state index contributed by atoms with van der Waals surface area (Å²) in [6.07, 6.45) is 0.737. The number of carbonyl (C=O) groups is 10. The molecule has 42 heteroatoms. The number of alkyl carbamates (subject to hydrolysis) is 2. The van der Waals surface area contributed by atoms with Gasteiger partial charge in [-0.3, -0.25) is 48.2 Å². The first-order valence-corrected chi connectivity index (χ1v) is 38.1. The monoisotopic (exact) mass is 1680 g/mol. The Labute approximate surface area is 674 Å². The molecule has 0 aliphatic carbocycles. The summed E-state index contributed by atoms with van der Waals surface area (Å²) in [6.45, 7) is 15.0. The van der Waals surface area contributed by atoms with E-state index in [-0.39, 0.29) is 265 Å². The first-order chi connectivity index (χ1) is 54.2. The van der Waals surface area contributed by atoms with Gasteiger partial charge in [0.1, 0.15) is 67.2 Å². The van der Waals surface area contributed by atoms with Crippen LogP contribution in [0.3, 0.4) is 0 Å². The number of aliphatic hydroxyl groups excluding tert-OH is 12. The fourth-order valence-electron chi connectivity index (χ4n) is 8.00. The van der Waals surface area contributed by atoms with Gasteiger partial charge in [-0.15, -0.1) is 0 Å². The van der Waals surface area contributed by atoms with E-state index in [4.69, 9.17) is 128 Å². The van der Waals surface area contributed by atoms with Crippen molar-refractivity contribution in [2.75, 3.05) is 214 Å². The van der Waals surface area contributed by atoms with Gasteiger partial charge in [0.2, 0.25) is 17.7 Å². The van der Waals surface area contributed by atoms with Crippen molar-refractivity contribution in [2.24, 2.45) is 0 Å². The van der Waals surface area contributed by atoms with Gasteiger partial charge in [0, 0.05) is 133 Å². The molecule has 11 unspecified atom stereocenters. The number of nitrogens with one attached hydrogen (secondary N) is 3. The largest absolute Gasteiger partial charge is 0.447 e. The third kappa shape index (κ3) is 72.9. The molecule has 41 nitrogen and oxygen atoms in total. The van der Waals surface area contributed by atoms with Crippen molar-refractivity contribution in [1.29, 1.82) is 0 Å². The zero-order valence-electron chi connectivity index (χ0n) is 69.3. The van der Waals surface area contributed by atoms with Crippen LogP contribution >= 0.6 is 11.8 Å². The van der Waals surface area contributed by atoms with Gasteiger partial charge >= 0.3 is 12.2 Å². The number of likely N-dealkylation sites (tertiary alicyclic amines) is 1. The highest BCUT2D eigenvalue weighted by Gasteiger charge is 2.38. The quantitative estimate of drug-likeness (QED) is 0.0207. The molecule has 15 N–H and O–H groups in total. The first kappa shape index (κ1) is 119. The minimum Gasteiger partial charge on any atom is -0.447 e. The minimum absolute atomic E-state index is 0.00216. The van der Waals surface area contributed by atoms with Gasteiger partial charge in [0.15, 0.2) is 0 Å². The maximum absolute atomic E-state index is 11.8. The van der Waals surface area contributed by atoms with Crippen LogP contribution in [-0.4, -0.2) is 422 Å². The van der Waals surface area contributed by atoms with Crippen LogP contribution in [0.15, 0.2) is 12.2 Å². The number of carbonyl (C=O) groups excluding carboxylic acids is 10. The van der Waals surface area contributed by atoms with E-state index >= 15 is 0 Å². The summed E-state index contributed by atoms with van der Waals surface area (Å²) in [6, 6.07) is 0. The number of amides is 7. The molecule has 2 aliphatic rings. The summed E-state index contributed by atoms with van der Waals surface area (Å²) in [5, 5.41) is 111. The first-order valence-electron chi connectivity index (χ1n) is 36.9. The number of nitrogens with zero attached hydrogens (tertiary/aromatic N) is 2. The average molecular weight is 1680 g/mol. The van der Waals surface area contributed by atoms with Gasteiger partial charge in [0.05, 0.1) is 154 Å². The smallest absolute Gasteiger partial charge is 0.407 e. The summed E-state index contributed by atoms with van der Waals surface area (Å²) in [4.78, 5) is 115. The molecule has 0 radical (unpaired) electrons. The second kappa shape index (κ2) is 82.5. The second-order valence-corrected chi connectivity index (χ2v) is 25.9. The zero-order valence-corrected chi connectivity index (χ0v) is 70.1. The third-order valence-electron chi connectivity index (χ3n) is 14.0. The minimum atomic E-state index is -0.609. The van der Waals surface area contributed by atoms with Crippen LogP contribution in [0, 0.1) is 0 Å². The fraction of sp³-hybridized carbons (Fsp3) is 0.833. The van der Waals surface area contributed by atoms with Crippen molar-refractivity contribution < 1.29 is 176 Å². The lowest BCUT2D eigenvalue weighted by Crippen LogP contribution is -2.36. The molecule has 0 spiro atoms. The topological polar surface area (TPSA) is 585 Å². The predicted molar refractivity (Wildman–Crippen MR) is 413 cm³/mol. The van der Waals surface area contributed by atoms with E-state index in [1.54, 1.807) is 62.0 Å². The van der Waals surface area contributed by atoms with Crippen molar-refractivity contribution in [3.8, 4) is 0 Å². The Bertz CT molecular complexity index is 2310. The number of rotatable bonds is 56. The van der Waals surface area contributed by atoms with E-state index in [0.29, 0.717) is 45.8 Å². The molecule has 1 fully saturated rings. The normalized spacial score (nSPS) is 15.4. The Balaban J connectivity index is -0.000000296. The van der Waals surface area contributed by atoms with E-state index in [1.165, 1.54) is 71.1 Å². The molecule has 0 aromatic rings. The summed E-state index contributed by atoms with van der Waals surface area (Å²) >= 11 is 1.37. The van der Waals surface area contributed by atoms with Crippen LogP contribution in [-0.2, 0) is 105 Å². The Kier molecular flexibility index (Phi) is 86.3. The van der Waals surface area contributed by atoms with Crippen LogP contribution < -0.4 is 16.0 Å². The number of aliphatic hydroxyl groups is 12. The van der Waals surface area contributed by atoms with Crippen LogP contribution in [0.4, 0.5) is 9.59 Å². The van der Waals surface area contributed by atoms with Crippen molar-refractivity contribution in [3.05, 3.63) is 12.2 Å². The molecular formula is C72H139N5O36S. The molecule has 1 saturated heterocycles. The van der Waals surface area contributed by atoms with Crippen molar-refractivity contribution in [2.45, 2.75) is 179 Å². The van der Waals surface area contributed by atoms with Crippen LogP contribution in [0.25, 0.3) is 0 Å². The van der Waals surface area contributed by atoms with E-state index in [9.17, 15) is 47.9 Å². The van der Waals surface area contributed by atoms with E-state index in [0.717, 1.165) is 4.90 Å². The van der Waals surface area contributed by atoms with Gasteiger partial charge in [-0.25, -0.2) is 9.59 Å². The maximum Gasteiger partial charge on any atom is 0.407 e. The van der Waals surface area contributed by atoms with Gasteiger partial charge in [0.25, 0.3) is 11.8 Å². The van der Waals surface area contributed by atoms with E-state index < -0.39 is 36.6 Å².